The number of unbranched alkanes of at least 4 members (excludes halogenated alkanes) is 3. The van der Waals surface area contributed by atoms with Crippen LogP contribution in [0.2, 0.25) is 0 Å². The minimum absolute atomic E-state index is 0.0412. The summed E-state index contributed by atoms with van der Waals surface area (Å²) < 4.78 is 0. The van der Waals surface area contributed by atoms with Crippen LogP contribution in [0.4, 0.5) is 0 Å². The van der Waals surface area contributed by atoms with E-state index in [-0.39, 0.29) is 5.54 Å². The minimum Gasteiger partial charge on any atom is -0.380 e. The first-order chi connectivity index (χ1) is 12.5. The van der Waals surface area contributed by atoms with Crippen LogP contribution >= 0.6 is 0 Å². The molecule has 2 aromatic carbocycles. The molecule has 0 bridgehead atoms. The van der Waals surface area contributed by atoms with Crippen molar-refractivity contribution in [2.24, 2.45) is 0 Å². The molecule has 0 amide bonds. The summed E-state index contributed by atoms with van der Waals surface area (Å²) in [7, 11) is 0. The lowest BCUT2D eigenvalue weighted by Gasteiger charge is -2.25. The fraction of sp³-hybridized carbons (Fsp3) is 0.440. The van der Waals surface area contributed by atoms with E-state index in [1.54, 1.807) is 0 Å². The Kier molecular flexibility index (Phi) is 5.86. The lowest BCUT2D eigenvalue weighted by molar-refractivity contribution is 0.502. The number of allylic oxidation sites excluding steroid dienone is 1. The van der Waals surface area contributed by atoms with Gasteiger partial charge < -0.3 is 5.32 Å². The molecule has 1 aliphatic carbocycles. The van der Waals surface area contributed by atoms with Crippen molar-refractivity contribution in [2.45, 2.75) is 71.3 Å². The van der Waals surface area contributed by atoms with Crippen molar-refractivity contribution >= 4 is 11.3 Å². The smallest absolute Gasteiger partial charge is 0.0465 e. The average Bonchev–Trinajstić information content (AvgIpc) is 2.92. The van der Waals surface area contributed by atoms with Gasteiger partial charge in [-0.1, -0.05) is 87.2 Å². The maximum Gasteiger partial charge on any atom is 0.0465 e. The summed E-state index contributed by atoms with van der Waals surface area (Å²) in [5.74, 6) is 0.496. The molecular formula is C25H33N. The van der Waals surface area contributed by atoms with Crippen LogP contribution in [-0.2, 0) is 0 Å². The molecule has 26 heavy (non-hydrogen) atoms. The summed E-state index contributed by atoms with van der Waals surface area (Å²) in [5.41, 5.74) is 7.10. The van der Waals surface area contributed by atoms with Crippen LogP contribution in [0.15, 0.2) is 54.6 Å². The molecule has 0 saturated heterocycles. The third kappa shape index (κ3) is 4.20. The lowest BCUT2D eigenvalue weighted by Crippen LogP contribution is -2.34. The monoisotopic (exact) mass is 347 g/mol. The summed E-state index contributed by atoms with van der Waals surface area (Å²) in [6.45, 7) is 9.03. The second-order valence-electron chi connectivity index (χ2n) is 8.52. The van der Waals surface area contributed by atoms with E-state index in [1.807, 2.05) is 0 Å². The Labute approximate surface area is 159 Å². The molecule has 1 atom stereocenters. The second-order valence-corrected chi connectivity index (χ2v) is 8.52. The van der Waals surface area contributed by atoms with Crippen LogP contribution in [0.5, 0.6) is 0 Å². The van der Waals surface area contributed by atoms with Crippen molar-refractivity contribution in [3.63, 3.8) is 0 Å². The van der Waals surface area contributed by atoms with E-state index in [2.05, 4.69) is 87.6 Å². The molecular weight excluding hydrogens is 314 g/mol. The fourth-order valence-corrected chi connectivity index (χ4v) is 4.05. The highest BCUT2D eigenvalue weighted by Crippen LogP contribution is 2.48. The van der Waals surface area contributed by atoms with Crippen molar-refractivity contribution in [3.05, 3.63) is 71.3 Å². The largest absolute Gasteiger partial charge is 0.380 e. The molecule has 0 radical (unpaired) electrons. The highest BCUT2D eigenvalue weighted by atomic mass is 15.0. The number of benzene rings is 2. The Balaban J connectivity index is 2.04. The van der Waals surface area contributed by atoms with Gasteiger partial charge in [0.15, 0.2) is 0 Å². The summed E-state index contributed by atoms with van der Waals surface area (Å²) >= 11 is 0. The van der Waals surface area contributed by atoms with Gasteiger partial charge in [-0.05, 0) is 43.9 Å². The Hall–Kier alpha value is -2.02. The van der Waals surface area contributed by atoms with Crippen molar-refractivity contribution in [2.75, 3.05) is 0 Å². The first-order valence-corrected chi connectivity index (χ1v) is 10.2. The first-order valence-electron chi connectivity index (χ1n) is 10.2. The molecule has 138 valence electrons. The normalized spacial score (nSPS) is 16.7. The molecule has 3 rings (SSSR count). The second kappa shape index (κ2) is 8.12. The quantitative estimate of drug-likeness (QED) is 0.531. The minimum atomic E-state index is 0.0412. The van der Waals surface area contributed by atoms with Gasteiger partial charge in [0.2, 0.25) is 0 Å². The van der Waals surface area contributed by atoms with Crippen molar-refractivity contribution in [1.29, 1.82) is 0 Å². The molecule has 1 N–H and O–H groups in total. The van der Waals surface area contributed by atoms with Gasteiger partial charge in [-0.25, -0.2) is 0 Å². The van der Waals surface area contributed by atoms with E-state index in [4.69, 9.17) is 0 Å². The van der Waals surface area contributed by atoms with Gasteiger partial charge in [-0.15, -0.1) is 0 Å². The molecule has 1 unspecified atom stereocenters. The lowest BCUT2D eigenvalue weighted by atomic mass is 9.86. The standard InChI is InChI=1S/C25H33N/c1-5-6-7-11-17-21-20-16-12-13-18-22(20)24(26-25(2,3)4)23(21)19-14-9-8-10-15-19/h8-10,12-16,18,21,26H,5-7,11,17H2,1-4H3. The first kappa shape index (κ1) is 18.8. The van der Waals surface area contributed by atoms with Crippen molar-refractivity contribution in [3.8, 4) is 0 Å². The maximum atomic E-state index is 3.83. The van der Waals surface area contributed by atoms with E-state index in [0.717, 1.165) is 0 Å². The Morgan fingerprint density at radius 2 is 1.54 bits per heavy atom. The zero-order chi connectivity index (χ0) is 18.6. The van der Waals surface area contributed by atoms with E-state index >= 15 is 0 Å². The summed E-state index contributed by atoms with van der Waals surface area (Å²) in [6, 6.07) is 20.0. The highest BCUT2D eigenvalue weighted by molar-refractivity contribution is 5.98. The SMILES string of the molecule is CCCCCCC1C(c2ccccc2)=C(NC(C)(C)C)c2ccccc21. The molecule has 2 aromatic rings. The van der Waals surface area contributed by atoms with Gasteiger partial charge in [0, 0.05) is 22.7 Å². The number of nitrogens with one attached hydrogen (secondary N) is 1. The predicted molar refractivity (Wildman–Crippen MR) is 114 cm³/mol. The zero-order valence-corrected chi connectivity index (χ0v) is 16.8. The molecule has 0 fully saturated rings. The van der Waals surface area contributed by atoms with E-state index in [1.165, 1.54) is 60.1 Å². The van der Waals surface area contributed by atoms with Crippen LogP contribution in [0.3, 0.4) is 0 Å². The summed E-state index contributed by atoms with van der Waals surface area (Å²) in [4.78, 5) is 0. The van der Waals surface area contributed by atoms with Gasteiger partial charge in [-0.2, -0.15) is 0 Å². The molecule has 0 aliphatic heterocycles. The van der Waals surface area contributed by atoms with Crippen LogP contribution in [0.1, 0.15) is 82.4 Å². The number of hydrogen-bond acceptors (Lipinski definition) is 1. The summed E-state index contributed by atoms with van der Waals surface area (Å²) in [5, 5.41) is 3.83. The van der Waals surface area contributed by atoms with Crippen LogP contribution in [0, 0.1) is 0 Å². The molecule has 0 saturated carbocycles. The third-order valence-corrected chi connectivity index (χ3v) is 5.15. The fourth-order valence-electron chi connectivity index (χ4n) is 4.05. The molecule has 0 heterocycles. The van der Waals surface area contributed by atoms with Crippen molar-refractivity contribution < 1.29 is 0 Å². The zero-order valence-electron chi connectivity index (χ0n) is 16.8. The van der Waals surface area contributed by atoms with Gasteiger partial charge >= 0.3 is 0 Å². The average molecular weight is 348 g/mol. The Morgan fingerprint density at radius 1 is 0.846 bits per heavy atom. The van der Waals surface area contributed by atoms with Gasteiger partial charge in [-0.3, -0.25) is 0 Å². The van der Waals surface area contributed by atoms with Gasteiger partial charge in [0.25, 0.3) is 0 Å². The van der Waals surface area contributed by atoms with E-state index in [9.17, 15) is 0 Å². The number of hydrogen-bond donors (Lipinski definition) is 1. The molecule has 0 spiro atoms. The molecule has 0 aromatic heterocycles. The number of rotatable bonds is 7. The topological polar surface area (TPSA) is 12.0 Å². The number of fused-ring (bicyclic) bond motifs is 1. The van der Waals surface area contributed by atoms with Crippen LogP contribution in [-0.4, -0.2) is 5.54 Å². The van der Waals surface area contributed by atoms with Crippen LogP contribution < -0.4 is 5.32 Å². The molecule has 1 aliphatic rings. The maximum absolute atomic E-state index is 3.83. The molecule has 1 heteroatoms. The predicted octanol–water partition coefficient (Wildman–Crippen LogP) is 7.01. The van der Waals surface area contributed by atoms with E-state index < -0.39 is 0 Å². The van der Waals surface area contributed by atoms with Crippen molar-refractivity contribution in [1.82, 2.24) is 5.32 Å². The van der Waals surface area contributed by atoms with Gasteiger partial charge in [0.1, 0.15) is 0 Å². The molecule has 1 nitrogen and oxygen atoms in total. The Morgan fingerprint density at radius 3 is 2.23 bits per heavy atom. The third-order valence-electron chi connectivity index (χ3n) is 5.15. The summed E-state index contributed by atoms with van der Waals surface area (Å²) in [6.07, 6.45) is 6.49. The van der Waals surface area contributed by atoms with Crippen LogP contribution in [0.25, 0.3) is 11.3 Å². The van der Waals surface area contributed by atoms with E-state index in [0.29, 0.717) is 5.92 Å². The highest BCUT2D eigenvalue weighted by Gasteiger charge is 2.33. The Bertz CT molecular complexity index is 749. The van der Waals surface area contributed by atoms with Gasteiger partial charge in [0.05, 0.1) is 0 Å².